The van der Waals surface area contributed by atoms with Crippen LogP contribution in [0, 0.1) is 23.2 Å². The quantitative estimate of drug-likeness (QED) is 0.796. The van der Waals surface area contributed by atoms with Crippen molar-refractivity contribution >= 4 is 10.0 Å². The van der Waals surface area contributed by atoms with Crippen LogP contribution in [0.2, 0.25) is 0 Å². The second-order valence-electron chi connectivity index (χ2n) is 8.34. The molecule has 0 aromatic heterocycles. The number of hydrogen-bond acceptors (Lipinski definition) is 4. The van der Waals surface area contributed by atoms with Crippen LogP contribution >= 0.6 is 0 Å². The van der Waals surface area contributed by atoms with Crippen molar-refractivity contribution in [1.29, 1.82) is 5.26 Å². The van der Waals surface area contributed by atoms with Crippen molar-refractivity contribution in [1.82, 2.24) is 9.21 Å². The first-order chi connectivity index (χ1) is 13.1. The number of nitriles is 1. The summed E-state index contributed by atoms with van der Waals surface area (Å²) in [5.74, 6) is 0.822. The number of hydrogen-bond donors (Lipinski definition) is 0. The van der Waals surface area contributed by atoms with E-state index in [1.165, 1.54) is 25.8 Å². The first kappa shape index (κ1) is 18.9. The number of sulfonamides is 1. The molecule has 4 atom stereocenters. The van der Waals surface area contributed by atoms with Gasteiger partial charge in [0.2, 0.25) is 10.0 Å². The molecule has 3 saturated heterocycles. The molecule has 4 rings (SSSR count). The van der Waals surface area contributed by atoms with E-state index in [0.29, 0.717) is 37.0 Å². The van der Waals surface area contributed by atoms with Crippen LogP contribution in [-0.2, 0) is 10.0 Å². The van der Waals surface area contributed by atoms with Gasteiger partial charge in [-0.3, -0.25) is 4.90 Å². The number of rotatable bonds is 4. The molecule has 3 heterocycles. The Morgan fingerprint density at radius 1 is 1.19 bits per heavy atom. The lowest BCUT2D eigenvalue weighted by atomic mass is 9.72. The third-order valence-corrected chi connectivity index (χ3v) is 8.69. The maximum atomic E-state index is 13.4. The highest BCUT2D eigenvalue weighted by Gasteiger charge is 2.49. The van der Waals surface area contributed by atoms with Gasteiger partial charge in [-0.25, -0.2) is 8.42 Å². The highest BCUT2D eigenvalue weighted by Crippen LogP contribution is 2.43. The lowest BCUT2D eigenvalue weighted by Crippen LogP contribution is -2.64. The van der Waals surface area contributed by atoms with Crippen molar-refractivity contribution in [2.75, 3.05) is 19.6 Å². The molecule has 0 unspecified atom stereocenters. The zero-order chi connectivity index (χ0) is 19.0. The zero-order valence-electron chi connectivity index (χ0n) is 16.0. The molecule has 27 heavy (non-hydrogen) atoms. The van der Waals surface area contributed by atoms with E-state index in [1.54, 1.807) is 28.6 Å². The Labute approximate surface area is 163 Å². The largest absolute Gasteiger partial charge is 0.297 e. The summed E-state index contributed by atoms with van der Waals surface area (Å²) in [5, 5.41) is 9.37. The third-order valence-electron chi connectivity index (χ3n) is 6.80. The summed E-state index contributed by atoms with van der Waals surface area (Å²) < 4.78 is 28.5. The Hall–Kier alpha value is -1.42. The summed E-state index contributed by atoms with van der Waals surface area (Å²) in [6, 6.07) is 9.68. The van der Waals surface area contributed by atoms with Gasteiger partial charge in [-0.15, -0.1) is 0 Å². The molecule has 0 radical (unpaired) electrons. The first-order valence-electron chi connectivity index (χ1n) is 10.3. The molecule has 6 heteroatoms. The molecule has 1 aromatic carbocycles. The Morgan fingerprint density at radius 2 is 1.96 bits per heavy atom. The molecule has 3 aliphatic rings. The fourth-order valence-electron chi connectivity index (χ4n) is 5.68. The lowest BCUT2D eigenvalue weighted by Gasteiger charge is -2.56. The van der Waals surface area contributed by atoms with Crippen molar-refractivity contribution in [3.63, 3.8) is 0 Å². The molecule has 0 N–H and O–H groups in total. The maximum absolute atomic E-state index is 13.4. The van der Waals surface area contributed by atoms with Gasteiger partial charge < -0.3 is 0 Å². The monoisotopic (exact) mass is 387 g/mol. The number of piperidine rings is 3. The second kappa shape index (κ2) is 7.54. The summed E-state index contributed by atoms with van der Waals surface area (Å²) in [5.41, 5.74) is 0.248. The Bertz CT molecular complexity index is 832. The smallest absolute Gasteiger partial charge is 0.244 e. The molecule has 0 saturated carbocycles. The standard InChI is InChI=1S/C21H29N3O2S/c1-2-7-19-17-12-18(20-9-5-6-11-24(19)20)15-23(14-17)27(25,26)21-10-4-3-8-16(21)13-22/h3-4,8,10,17-20H,2,5-7,9,11-12,14-15H2,1H3/t17-,18+,19-,20-/m0/s1. The third kappa shape index (κ3) is 3.30. The van der Waals surface area contributed by atoms with Crippen LogP contribution in [-0.4, -0.2) is 49.3 Å². The molecular weight excluding hydrogens is 358 g/mol. The van der Waals surface area contributed by atoms with Crippen LogP contribution in [0.25, 0.3) is 0 Å². The molecule has 3 fully saturated rings. The van der Waals surface area contributed by atoms with Crippen molar-refractivity contribution in [3.05, 3.63) is 29.8 Å². The van der Waals surface area contributed by atoms with Crippen LogP contribution in [0.4, 0.5) is 0 Å². The van der Waals surface area contributed by atoms with Crippen molar-refractivity contribution < 1.29 is 8.42 Å². The van der Waals surface area contributed by atoms with Gasteiger partial charge in [0, 0.05) is 25.2 Å². The van der Waals surface area contributed by atoms with Crippen LogP contribution < -0.4 is 0 Å². The highest BCUT2D eigenvalue weighted by molar-refractivity contribution is 7.89. The van der Waals surface area contributed by atoms with E-state index >= 15 is 0 Å². The van der Waals surface area contributed by atoms with E-state index in [1.807, 2.05) is 0 Å². The Balaban J connectivity index is 1.66. The van der Waals surface area contributed by atoms with E-state index in [-0.39, 0.29) is 10.5 Å². The van der Waals surface area contributed by atoms with E-state index in [9.17, 15) is 13.7 Å². The Morgan fingerprint density at radius 3 is 2.74 bits per heavy atom. The maximum Gasteiger partial charge on any atom is 0.244 e. The summed E-state index contributed by atoms with van der Waals surface area (Å²) in [6.07, 6.45) is 7.16. The van der Waals surface area contributed by atoms with Crippen molar-refractivity contribution in [2.45, 2.75) is 62.4 Å². The summed E-state index contributed by atoms with van der Waals surface area (Å²) >= 11 is 0. The van der Waals surface area contributed by atoms with Crippen LogP contribution in [0.5, 0.6) is 0 Å². The minimum atomic E-state index is -3.63. The fraction of sp³-hybridized carbons (Fsp3) is 0.667. The minimum Gasteiger partial charge on any atom is -0.297 e. The second-order valence-corrected chi connectivity index (χ2v) is 10.2. The van der Waals surface area contributed by atoms with Gasteiger partial charge in [0.05, 0.1) is 10.5 Å². The van der Waals surface area contributed by atoms with Gasteiger partial charge >= 0.3 is 0 Å². The predicted octanol–water partition coefficient (Wildman–Crippen LogP) is 3.22. The van der Waals surface area contributed by atoms with Gasteiger partial charge in [0.15, 0.2) is 0 Å². The minimum absolute atomic E-state index is 0.167. The fourth-order valence-corrected chi connectivity index (χ4v) is 7.37. The molecule has 0 aliphatic carbocycles. The summed E-state index contributed by atoms with van der Waals surface area (Å²) in [7, 11) is -3.63. The molecule has 5 nitrogen and oxygen atoms in total. The van der Waals surface area contributed by atoms with E-state index in [2.05, 4.69) is 17.9 Å². The lowest BCUT2D eigenvalue weighted by molar-refractivity contribution is -0.0581. The van der Waals surface area contributed by atoms with Crippen molar-refractivity contribution in [2.24, 2.45) is 11.8 Å². The molecule has 3 aliphatic heterocycles. The first-order valence-corrected chi connectivity index (χ1v) is 11.7. The van der Waals surface area contributed by atoms with Crippen LogP contribution in [0.15, 0.2) is 29.2 Å². The van der Waals surface area contributed by atoms with E-state index < -0.39 is 10.0 Å². The summed E-state index contributed by atoms with van der Waals surface area (Å²) in [4.78, 5) is 2.89. The molecule has 2 bridgehead atoms. The normalized spacial score (nSPS) is 31.9. The number of fused-ring (bicyclic) bond motifs is 4. The van der Waals surface area contributed by atoms with Gasteiger partial charge in [0.1, 0.15) is 6.07 Å². The average molecular weight is 388 g/mol. The van der Waals surface area contributed by atoms with Crippen LogP contribution in [0.3, 0.4) is 0 Å². The molecule has 1 aromatic rings. The van der Waals surface area contributed by atoms with Gasteiger partial charge in [0.25, 0.3) is 0 Å². The van der Waals surface area contributed by atoms with E-state index in [4.69, 9.17) is 0 Å². The van der Waals surface area contributed by atoms with Gasteiger partial charge in [-0.05, 0) is 56.2 Å². The molecular formula is C21H29N3O2S. The van der Waals surface area contributed by atoms with Crippen LogP contribution in [0.1, 0.15) is 51.0 Å². The van der Waals surface area contributed by atoms with Gasteiger partial charge in [-0.1, -0.05) is 31.9 Å². The predicted molar refractivity (Wildman–Crippen MR) is 105 cm³/mol. The average Bonchev–Trinajstić information content (AvgIpc) is 2.71. The van der Waals surface area contributed by atoms with Crippen molar-refractivity contribution in [3.8, 4) is 6.07 Å². The summed E-state index contributed by atoms with van der Waals surface area (Å²) in [6.45, 7) is 4.59. The topological polar surface area (TPSA) is 64.4 Å². The SMILES string of the molecule is CCC[C@H]1[C@H]2C[C@H](CN(S(=O)(=O)c3ccccc3C#N)C2)[C@@H]2CCCCN21. The zero-order valence-corrected chi connectivity index (χ0v) is 16.9. The highest BCUT2D eigenvalue weighted by atomic mass is 32.2. The molecule has 0 amide bonds. The van der Waals surface area contributed by atoms with E-state index in [0.717, 1.165) is 19.3 Å². The number of benzene rings is 1. The Kier molecular flexibility index (Phi) is 5.28. The van der Waals surface area contributed by atoms with Gasteiger partial charge in [-0.2, -0.15) is 9.57 Å². The molecule has 146 valence electrons. The molecule has 0 spiro atoms. The number of nitrogens with zero attached hydrogens (tertiary/aromatic N) is 3.